The molecule has 1 fully saturated rings. The summed E-state index contributed by atoms with van der Waals surface area (Å²) < 4.78 is 0. The third kappa shape index (κ3) is 3.01. The van der Waals surface area contributed by atoms with E-state index in [0.717, 1.165) is 12.5 Å². The number of likely N-dealkylation sites (tertiary alicyclic amines) is 1. The standard InChI is InChI=1S/C14H28N4O/c1-13(2)10-18(14(13,3)4)12(15-5)16-9-8-11(19)17(6)7/h8-10H2,1-7H3,(H,15,16). The van der Waals surface area contributed by atoms with Crippen LogP contribution in [0.25, 0.3) is 0 Å². The predicted octanol–water partition coefficient (Wildman–Crippen LogP) is 1.16. The topological polar surface area (TPSA) is 47.9 Å². The number of hydrogen-bond acceptors (Lipinski definition) is 2. The van der Waals surface area contributed by atoms with Crippen LogP contribution in [-0.4, -0.2) is 61.4 Å². The molecule has 0 aromatic heterocycles. The molecule has 0 radical (unpaired) electrons. The highest BCUT2D eigenvalue weighted by atomic mass is 16.2. The molecule has 1 amide bonds. The molecule has 0 aromatic carbocycles. The molecule has 0 spiro atoms. The summed E-state index contributed by atoms with van der Waals surface area (Å²) in [7, 11) is 5.34. The Morgan fingerprint density at radius 3 is 2.26 bits per heavy atom. The van der Waals surface area contributed by atoms with Crippen molar-refractivity contribution in [2.45, 2.75) is 39.7 Å². The number of nitrogens with one attached hydrogen (secondary N) is 1. The number of amides is 1. The van der Waals surface area contributed by atoms with Crippen LogP contribution in [0.15, 0.2) is 4.99 Å². The lowest BCUT2D eigenvalue weighted by atomic mass is 9.65. The summed E-state index contributed by atoms with van der Waals surface area (Å²) in [5, 5.41) is 3.28. The Kier molecular flexibility index (Phi) is 4.48. The minimum absolute atomic E-state index is 0.0837. The summed E-state index contributed by atoms with van der Waals surface area (Å²) in [6.07, 6.45) is 0.490. The molecule has 1 heterocycles. The molecule has 5 heteroatoms. The lowest BCUT2D eigenvalue weighted by Gasteiger charge is -2.62. The van der Waals surface area contributed by atoms with Crippen molar-refractivity contribution in [2.24, 2.45) is 10.4 Å². The predicted molar refractivity (Wildman–Crippen MR) is 79.2 cm³/mol. The Bertz CT molecular complexity index is 372. The van der Waals surface area contributed by atoms with Gasteiger partial charge in [-0.15, -0.1) is 0 Å². The van der Waals surface area contributed by atoms with Crippen LogP contribution in [0.5, 0.6) is 0 Å². The molecule has 1 N–H and O–H groups in total. The second kappa shape index (κ2) is 5.39. The molecule has 1 aliphatic heterocycles. The molecule has 1 rings (SSSR count). The van der Waals surface area contributed by atoms with Gasteiger partial charge in [0.25, 0.3) is 0 Å². The summed E-state index contributed by atoms with van der Waals surface area (Å²) in [4.78, 5) is 19.7. The first-order chi connectivity index (χ1) is 8.63. The van der Waals surface area contributed by atoms with E-state index in [4.69, 9.17) is 0 Å². The second-order valence-electron chi connectivity index (χ2n) is 6.54. The van der Waals surface area contributed by atoms with E-state index in [-0.39, 0.29) is 16.9 Å². The van der Waals surface area contributed by atoms with Gasteiger partial charge in [-0.1, -0.05) is 13.8 Å². The SMILES string of the molecule is CN=C(NCCC(=O)N(C)C)N1CC(C)(C)C1(C)C. The van der Waals surface area contributed by atoms with Gasteiger partial charge in [-0.25, -0.2) is 0 Å². The van der Waals surface area contributed by atoms with Gasteiger partial charge in [-0.2, -0.15) is 0 Å². The van der Waals surface area contributed by atoms with Crippen LogP contribution in [-0.2, 0) is 4.79 Å². The molecule has 0 saturated carbocycles. The zero-order chi connectivity index (χ0) is 14.8. The van der Waals surface area contributed by atoms with Gasteiger partial charge in [0.05, 0.1) is 0 Å². The number of guanidine groups is 1. The van der Waals surface area contributed by atoms with Gasteiger partial charge in [-0.05, 0) is 13.8 Å². The number of hydrogen-bond donors (Lipinski definition) is 1. The number of carbonyl (C=O) groups excluding carboxylic acids is 1. The summed E-state index contributed by atoms with van der Waals surface area (Å²) >= 11 is 0. The fourth-order valence-electron chi connectivity index (χ4n) is 2.20. The normalized spacial score (nSPS) is 20.8. The summed E-state index contributed by atoms with van der Waals surface area (Å²) in [5.41, 5.74) is 0.366. The number of rotatable bonds is 3. The molecule has 1 aliphatic rings. The maximum absolute atomic E-state index is 11.5. The third-order valence-electron chi connectivity index (χ3n) is 4.47. The number of carbonyl (C=O) groups is 1. The van der Waals surface area contributed by atoms with Gasteiger partial charge in [0.1, 0.15) is 0 Å². The lowest BCUT2D eigenvalue weighted by molar-refractivity contribution is -0.128. The van der Waals surface area contributed by atoms with Crippen LogP contribution in [0.1, 0.15) is 34.1 Å². The Morgan fingerprint density at radius 2 is 1.89 bits per heavy atom. The minimum Gasteiger partial charge on any atom is -0.356 e. The molecule has 0 atom stereocenters. The minimum atomic E-state index is 0.0837. The van der Waals surface area contributed by atoms with Crippen LogP contribution in [0.2, 0.25) is 0 Å². The zero-order valence-corrected chi connectivity index (χ0v) is 13.4. The molecular formula is C14H28N4O. The Balaban J connectivity index is 2.52. The molecule has 1 saturated heterocycles. The lowest BCUT2D eigenvalue weighted by Crippen LogP contribution is -2.72. The molecule has 0 unspecified atom stereocenters. The highest BCUT2D eigenvalue weighted by Gasteiger charge is 2.53. The van der Waals surface area contributed by atoms with Gasteiger partial charge >= 0.3 is 0 Å². The molecule has 0 aromatic rings. The first-order valence-corrected chi connectivity index (χ1v) is 6.82. The number of nitrogens with zero attached hydrogens (tertiary/aromatic N) is 3. The fraction of sp³-hybridized carbons (Fsp3) is 0.857. The van der Waals surface area contributed by atoms with Crippen LogP contribution in [0.3, 0.4) is 0 Å². The van der Waals surface area contributed by atoms with Crippen molar-refractivity contribution in [3.05, 3.63) is 0 Å². The largest absolute Gasteiger partial charge is 0.356 e. The third-order valence-corrected chi connectivity index (χ3v) is 4.47. The monoisotopic (exact) mass is 268 g/mol. The fourth-order valence-corrected chi connectivity index (χ4v) is 2.20. The van der Waals surface area contributed by atoms with E-state index in [1.165, 1.54) is 0 Å². The summed E-state index contributed by atoms with van der Waals surface area (Å²) in [6.45, 7) is 10.6. The second-order valence-corrected chi connectivity index (χ2v) is 6.54. The molecule has 0 aliphatic carbocycles. The molecule has 5 nitrogen and oxygen atoms in total. The van der Waals surface area contributed by atoms with E-state index < -0.39 is 0 Å². The van der Waals surface area contributed by atoms with Crippen molar-refractivity contribution >= 4 is 11.9 Å². The van der Waals surface area contributed by atoms with E-state index in [1.54, 1.807) is 26.0 Å². The highest BCUT2D eigenvalue weighted by Crippen LogP contribution is 2.46. The van der Waals surface area contributed by atoms with Crippen LogP contribution in [0.4, 0.5) is 0 Å². The van der Waals surface area contributed by atoms with Gasteiger partial charge in [0.2, 0.25) is 5.91 Å². The zero-order valence-electron chi connectivity index (χ0n) is 13.4. The Hall–Kier alpha value is -1.26. The summed E-state index contributed by atoms with van der Waals surface area (Å²) in [6, 6.07) is 0. The molecular weight excluding hydrogens is 240 g/mol. The van der Waals surface area contributed by atoms with E-state index in [2.05, 4.69) is 42.9 Å². The van der Waals surface area contributed by atoms with Crippen LogP contribution < -0.4 is 5.32 Å². The molecule has 0 bridgehead atoms. The Morgan fingerprint density at radius 1 is 1.32 bits per heavy atom. The van der Waals surface area contributed by atoms with Crippen molar-refractivity contribution in [2.75, 3.05) is 34.2 Å². The van der Waals surface area contributed by atoms with E-state index in [1.807, 2.05) is 0 Å². The van der Waals surface area contributed by atoms with E-state index in [0.29, 0.717) is 13.0 Å². The van der Waals surface area contributed by atoms with Crippen molar-refractivity contribution in [1.29, 1.82) is 0 Å². The maximum atomic E-state index is 11.5. The maximum Gasteiger partial charge on any atom is 0.223 e. The summed E-state index contributed by atoms with van der Waals surface area (Å²) in [5.74, 6) is 1.02. The van der Waals surface area contributed by atoms with Gasteiger partial charge in [0, 0.05) is 51.6 Å². The highest BCUT2D eigenvalue weighted by molar-refractivity contribution is 5.83. The van der Waals surface area contributed by atoms with Crippen molar-refractivity contribution in [3.8, 4) is 0 Å². The van der Waals surface area contributed by atoms with E-state index in [9.17, 15) is 4.79 Å². The number of aliphatic imine (C=N–C) groups is 1. The first-order valence-electron chi connectivity index (χ1n) is 6.82. The Labute approximate surface area is 117 Å². The molecule has 19 heavy (non-hydrogen) atoms. The van der Waals surface area contributed by atoms with Crippen molar-refractivity contribution in [1.82, 2.24) is 15.1 Å². The van der Waals surface area contributed by atoms with Crippen LogP contribution in [0, 0.1) is 5.41 Å². The smallest absolute Gasteiger partial charge is 0.223 e. The van der Waals surface area contributed by atoms with Gasteiger partial charge < -0.3 is 15.1 Å². The quantitative estimate of drug-likeness (QED) is 0.617. The first kappa shape index (κ1) is 15.8. The van der Waals surface area contributed by atoms with Crippen molar-refractivity contribution in [3.63, 3.8) is 0 Å². The van der Waals surface area contributed by atoms with Gasteiger partial charge in [-0.3, -0.25) is 9.79 Å². The average Bonchev–Trinajstić information content (AvgIpc) is 2.32. The van der Waals surface area contributed by atoms with Crippen molar-refractivity contribution < 1.29 is 4.79 Å². The van der Waals surface area contributed by atoms with Crippen LogP contribution >= 0.6 is 0 Å². The average molecular weight is 268 g/mol. The van der Waals surface area contributed by atoms with Gasteiger partial charge in [0.15, 0.2) is 5.96 Å². The molecule has 110 valence electrons. The van der Waals surface area contributed by atoms with E-state index >= 15 is 0 Å².